The third-order valence-corrected chi connectivity index (χ3v) is 3.23. The van der Waals surface area contributed by atoms with E-state index in [-0.39, 0.29) is 24.5 Å². The van der Waals surface area contributed by atoms with Crippen LogP contribution in [-0.2, 0) is 9.84 Å². The van der Waals surface area contributed by atoms with E-state index in [0.717, 1.165) is 12.3 Å². The lowest BCUT2D eigenvalue weighted by atomic mass is 10.1. The molecule has 0 atom stereocenters. The maximum absolute atomic E-state index is 13.7. The molecule has 7 heteroatoms. The van der Waals surface area contributed by atoms with Crippen LogP contribution in [0.3, 0.4) is 0 Å². The van der Waals surface area contributed by atoms with Gasteiger partial charge in [-0.3, -0.25) is 4.79 Å². The van der Waals surface area contributed by atoms with Crippen LogP contribution in [0.2, 0.25) is 0 Å². The van der Waals surface area contributed by atoms with Crippen molar-refractivity contribution in [3.63, 3.8) is 0 Å². The maximum atomic E-state index is 13.7. The number of carbonyl (C=O) groups is 1. The standard InChI is InChI=1S/C13H14FNO4S/c1-20(18,19)8-6-15-13(17)11-5-4-10(3-2-7-16)9-12(11)14/h4-5,9,16H,6-8H2,1H3,(H,15,17). The van der Waals surface area contributed by atoms with Gasteiger partial charge in [-0.05, 0) is 18.2 Å². The topological polar surface area (TPSA) is 83.5 Å². The fourth-order valence-electron chi connectivity index (χ4n) is 1.36. The highest BCUT2D eigenvalue weighted by Gasteiger charge is 2.12. The molecule has 20 heavy (non-hydrogen) atoms. The van der Waals surface area contributed by atoms with Crippen molar-refractivity contribution in [3.8, 4) is 11.8 Å². The zero-order chi connectivity index (χ0) is 15.2. The Kier molecular flexibility index (Phi) is 5.67. The predicted octanol–water partition coefficient (Wildman–Crippen LogP) is -0.0561. The van der Waals surface area contributed by atoms with E-state index in [1.807, 2.05) is 0 Å². The van der Waals surface area contributed by atoms with Gasteiger partial charge in [-0.1, -0.05) is 11.8 Å². The maximum Gasteiger partial charge on any atom is 0.254 e. The van der Waals surface area contributed by atoms with Crippen molar-refractivity contribution in [2.45, 2.75) is 0 Å². The van der Waals surface area contributed by atoms with E-state index in [1.165, 1.54) is 12.1 Å². The molecule has 1 amide bonds. The van der Waals surface area contributed by atoms with Crippen LogP contribution in [0.4, 0.5) is 4.39 Å². The van der Waals surface area contributed by atoms with E-state index in [4.69, 9.17) is 5.11 Å². The molecule has 0 unspecified atom stereocenters. The highest BCUT2D eigenvalue weighted by atomic mass is 32.2. The summed E-state index contributed by atoms with van der Waals surface area (Å²) in [6.45, 7) is -0.418. The van der Waals surface area contributed by atoms with Crippen molar-refractivity contribution in [2.24, 2.45) is 0 Å². The molecular formula is C13H14FNO4S. The molecular weight excluding hydrogens is 285 g/mol. The van der Waals surface area contributed by atoms with Crippen LogP contribution in [0, 0.1) is 17.7 Å². The number of nitrogens with one attached hydrogen (secondary N) is 1. The van der Waals surface area contributed by atoms with Gasteiger partial charge in [-0.15, -0.1) is 0 Å². The molecule has 1 aromatic carbocycles. The summed E-state index contributed by atoms with van der Waals surface area (Å²) in [7, 11) is -3.18. The van der Waals surface area contributed by atoms with Gasteiger partial charge >= 0.3 is 0 Å². The minimum absolute atomic E-state index is 0.0802. The summed E-state index contributed by atoms with van der Waals surface area (Å²) in [5.41, 5.74) is 0.150. The number of carbonyl (C=O) groups excluding carboxylic acids is 1. The van der Waals surface area contributed by atoms with Crippen molar-refractivity contribution in [2.75, 3.05) is 25.2 Å². The molecule has 0 saturated heterocycles. The average molecular weight is 299 g/mol. The molecule has 0 aliphatic heterocycles. The summed E-state index contributed by atoms with van der Waals surface area (Å²) in [6, 6.07) is 3.78. The normalized spacial score (nSPS) is 10.6. The van der Waals surface area contributed by atoms with Crippen molar-refractivity contribution in [1.82, 2.24) is 5.32 Å². The lowest BCUT2D eigenvalue weighted by molar-refractivity contribution is 0.0952. The monoisotopic (exact) mass is 299 g/mol. The number of aliphatic hydroxyl groups excluding tert-OH is 1. The van der Waals surface area contributed by atoms with Crippen molar-refractivity contribution in [3.05, 3.63) is 35.1 Å². The van der Waals surface area contributed by atoms with Gasteiger partial charge in [0.2, 0.25) is 0 Å². The Balaban J connectivity index is 2.74. The zero-order valence-corrected chi connectivity index (χ0v) is 11.6. The van der Waals surface area contributed by atoms with E-state index in [2.05, 4.69) is 17.2 Å². The van der Waals surface area contributed by atoms with Gasteiger partial charge in [0.15, 0.2) is 0 Å². The molecule has 0 aromatic heterocycles. The Morgan fingerprint density at radius 3 is 2.70 bits per heavy atom. The van der Waals surface area contributed by atoms with Crippen LogP contribution in [0.15, 0.2) is 18.2 Å². The first-order valence-corrected chi connectivity index (χ1v) is 7.75. The van der Waals surface area contributed by atoms with Crippen molar-refractivity contribution < 1.29 is 22.7 Å². The van der Waals surface area contributed by atoms with E-state index < -0.39 is 21.6 Å². The number of hydrogen-bond donors (Lipinski definition) is 2. The summed E-state index contributed by atoms with van der Waals surface area (Å²) < 4.78 is 35.5. The number of amides is 1. The summed E-state index contributed by atoms with van der Waals surface area (Å²) in [6.07, 6.45) is 1.05. The molecule has 1 aromatic rings. The minimum atomic E-state index is -3.18. The number of aliphatic hydroxyl groups is 1. The van der Waals surface area contributed by atoms with Crippen molar-refractivity contribution >= 4 is 15.7 Å². The molecule has 2 N–H and O–H groups in total. The first kappa shape index (κ1) is 16.1. The molecule has 0 spiro atoms. The number of benzene rings is 1. The third-order valence-electron chi connectivity index (χ3n) is 2.28. The third kappa shape index (κ3) is 5.38. The van der Waals surface area contributed by atoms with Gasteiger partial charge in [-0.2, -0.15) is 0 Å². The van der Waals surface area contributed by atoms with E-state index in [0.29, 0.717) is 5.56 Å². The second-order valence-electron chi connectivity index (χ2n) is 4.04. The molecule has 0 heterocycles. The molecule has 0 bridgehead atoms. The number of hydrogen-bond acceptors (Lipinski definition) is 4. The Labute approximate surface area is 116 Å². The van der Waals surface area contributed by atoms with E-state index in [9.17, 15) is 17.6 Å². The van der Waals surface area contributed by atoms with E-state index in [1.54, 1.807) is 0 Å². The van der Waals surface area contributed by atoms with Crippen LogP contribution in [0.25, 0.3) is 0 Å². The number of sulfone groups is 1. The summed E-state index contributed by atoms with van der Waals surface area (Å²) >= 11 is 0. The minimum Gasteiger partial charge on any atom is -0.384 e. The van der Waals surface area contributed by atoms with Gasteiger partial charge in [-0.25, -0.2) is 12.8 Å². The Bertz CT molecular complexity index is 659. The lowest BCUT2D eigenvalue weighted by Crippen LogP contribution is -2.29. The molecule has 0 fully saturated rings. The summed E-state index contributed by atoms with van der Waals surface area (Å²) in [5.74, 6) is 3.22. The second-order valence-corrected chi connectivity index (χ2v) is 6.30. The van der Waals surface area contributed by atoms with Crippen LogP contribution in [-0.4, -0.2) is 44.6 Å². The van der Waals surface area contributed by atoms with Gasteiger partial charge in [0.1, 0.15) is 22.3 Å². The first-order chi connectivity index (χ1) is 9.33. The predicted molar refractivity (Wildman–Crippen MR) is 72.4 cm³/mol. The van der Waals surface area contributed by atoms with Crippen molar-refractivity contribution in [1.29, 1.82) is 0 Å². The van der Waals surface area contributed by atoms with Gasteiger partial charge in [0.25, 0.3) is 5.91 Å². The fourth-order valence-corrected chi connectivity index (χ4v) is 1.84. The summed E-state index contributed by atoms with van der Waals surface area (Å²) in [5, 5.41) is 10.8. The average Bonchev–Trinajstić information content (AvgIpc) is 2.34. The SMILES string of the molecule is CS(=O)(=O)CCNC(=O)c1ccc(C#CCO)cc1F. The molecule has 0 saturated carbocycles. The van der Waals surface area contributed by atoms with Crippen LogP contribution in [0.5, 0.6) is 0 Å². The molecule has 1 rings (SSSR count). The van der Waals surface area contributed by atoms with Gasteiger partial charge in [0.05, 0.1) is 11.3 Å². The van der Waals surface area contributed by atoms with Crippen LogP contribution < -0.4 is 5.32 Å². The smallest absolute Gasteiger partial charge is 0.254 e. The Morgan fingerprint density at radius 1 is 1.45 bits per heavy atom. The Hall–Kier alpha value is -1.91. The quantitative estimate of drug-likeness (QED) is 0.763. The first-order valence-electron chi connectivity index (χ1n) is 5.68. The largest absolute Gasteiger partial charge is 0.384 e. The van der Waals surface area contributed by atoms with E-state index >= 15 is 0 Å². The zero-order valence-electron chi connectivity index (χ0n) is 10.8. The molecule has 0 aliphatic rings. The molecule has 5 nitrogen and oxygen atoms in total. The highest BCUT2D eigenvalue weighted by Crippen LogP contribution is 2.09. The van der Waals surface area contributed by atoms with Gasteiger partial charge < -0.3 is 10.4 Å². The second kappa shape index (κ2) is 7.03. The number of halogens is 1. The molecule has 0 radical (unpaired) electrons. The molecule has 108 valence electrons. The van der Waals surface area contributed by atoms with Gasteiger partial charge in [0, 0.05) is 18.4 Å². The summed E-state index contributed by atoms with van der Waals surface area (Å²) in [4.78, 5) is 11.7. The lowest BCUT2D eigenvalue weighted by Gasteiger charge is -2.05. The fraction of sp³-hybridized carbons (Fsp3) is 0.308. The van der Waals surface area contributed by atoms with Crippen LogP contribution in [0.1, 0.15) is 15.9 Å². The number of rotatable bonds is 4. The Morgan fingerprint density at radius 2 is 2.15 bits per heavy atom. The van der Waals surface area contributed by atoms with Crippen LogP contribution >= 0.6 is 0 Å². The molecule has 0 aliphatic carbocycles. The highest BCUT2D eigenvalue weighted by molar-refractivity contribution is 7.90.